The fraction of sp³-hybridized carbons (Fsp3) is 0.588. The van der Waals surface area contributed by atoms with E-state index in [1.54, 1.807) is 0 Å². The van der Waals surface area contributed by atoms with Crippen molar-refractivity contribution in [2.75, 3.05) is 0 Å². The van der Waals surface area contributed by atoms with Gasteiger partial charge < -0.3 is 0 Å². The van der Waals surface area contributed by atoms with E-state index in [1.807, 2.05) is 11.3 Å². The van der Waals surface area contributed by atoms with Crippen molar-refractivity contribution in [1.82, 2.24) is 4.98 Å². The van der Waals surface area contributed by atoms with Crippen LogP contribution >= 0.6 is 23.1 Å². The summed E-state index contributed by atoms with van der Waals surface area (Å²) in [6, 6.07) is 8.58. The molecule has 4 bridgehead atoms. The zero-order valence-electron chi connectivity index (χ0n) is 11.5. The molecule has 4 aliphatic carbocycles. The van der Waals surface area contributed by atoms with Crippen molar-refractivity contribution in [3.63, 3.8) is 0 Å². The lowest BCUT2D eigenvalue weighted by atomic mass is 9.56. The smallest absolute Gasteiger partial charge is 0.151 e. The summed E-state index contributed by atoms with van der Waals surface area (Å²) < 4.78 is 3.20. The van der Waals surface area contributed by atoms with Gasteiger partial charge in [0.1, 0.15) is 0 Å². The van der Waals surface area contributed by atoms with Gasteiger partial charge in [0.25, 0.3) is 0 Å². The fourth-order valence-corrected chi connectivity index (χ4v) is 8.37. The molecule has 4 fully saturated rings. The van der Waals surface area contributed by atoms with Crippen molar-refractivity contribution < 1.29 is 0 Å². The summed E-state index contributed by atoms with van der Waals surface area (Å²) in [7, 11) is 0. The predicted octanol–water partition coefficient (Wildman–Crippen LogP) is 5.36. The lowest BCUT2D eigenvalue weighted by Crippen LogP contribution is -2.48. The summed E-state index contributed by atoms with van der Waals surface area (Å²) >= 11 is 4.03. The summed E-state index contributed by atoms with van der Waals surface area (Å²) in [5.41, 5.74) is 1.18. The Morgan fingerprint density at radius 2 is 1.65 bits per heavy atom. The molecule has 0 amide bonds. The van der Waals surface area contributed by atoms with E-state index in [9.17, 15) is 0 Å². The molecule has 104 valence electrons. The molecule has 2 aromatic rings. The SMILES string of the molecule is c1ccc2sc(SC34CC5CC(CC(C5)C3)C4)nc2c1. The third-order valence-electron chi connectivity index (χ3n) is 5.56. The molecule has 0 unspecified atom stereocenters. The number of thioether (sulfide) groups is 1. The molecule has 4 aliphatic rings. The lowest BCUT2D eigenvalue weighted by Gasteiger charge is -2.56. The van der Waals surface area contributed by atoms with Gasteiger partial charge >= 0.3 is 0 Å². The first-order valence-corrected chi connectivity index (χ1v) is 9.46. The molecule has 3 heteroatoms. The maximum atomic E-state index is 4.87. The molecule has 6 rings (SSSR count). The second-order valence-electron chi connectivity index (χ2n) is 7.15. The molecule has 4 saturated carbocycles. The van der Waals surface area contributed by atoms with Gasteiger partial charge in [0.15, 0.2) is 4.34 Å². The van der Waals surface area contributed by atoms with Crippen LogP contribution in [0.1, 0.15) is 38.5 Å². The molecule has 1 nitrogen and oxygen atoms in total. The first-order chi connectivity index (χ1) is 9.78. The van der Waals surface area contributed by atoms with E-state index < -0.39 is 0 Å². The normalized spacial score (nSPS) is 38.7. The molecular weight excluding hydrogens is 282 g/mol. The highest BCUT2D eigenvalue weighted by atomic mass is 32.2. The highest BCUT2D eigenvalue weighted by Crippen LogP contribution is 2.62. The van der Waals surface area contributed by atoms with Crippen molar-refractivity contribution in [3.8, 4) is 0 Å². The predicted molar refractivity (Wildman–Crippen MR) is 86.4 cm³/mol. The molecule has 0 atom stereocenters. The molecule has 0 spiro atoms. The number of nitrogens with zero attached hydrogens (tertiary/aromatic N) is 1. The van der Waals surface area contributed by atoms with Gasteiger partial charge in [0.2, 0.25) is 0 Å². The van der Waals surface area contributed by atoms with Gasteiger partial charge in [-0.3, -0.25) is 0 Å². The summed E-state index contributed by atoms with van der Waals surface area (Å²) in [6.07, 6.45) is 8.96. The Kier molecular flexibility index (Phi) is 2.55. The van der Waals surface area contributed by atoms with Gasteiger partial charge in [-0.2, -0.15) is 0 Å². The number of rotatable bonds is 2. The molecule has 1 aromatic heterocycles. The molecule has 0 radical (unpaired) electrons. The second-order valence-corrected chi connectivity index (χ2v) is 9.90. The highest BCUT2D eigenvalue weighted by Gasteiger charge is 2.51. The summed E-state index contributed by atoms with van der Waals surface area (Å²) in [6.45, 7) is 0. The number of benzene rings is 1. The standard InChI is InChI=1S/C17H19NS2/c1-2-4-15-14(3-1)18-16(19-15)20-17-8-11-5-12(9-17)7-13(6-11)10-17/h1-4,11-13H,5-10H2. The van der Waals surface area contributed by atoms with E-state index in [1.165, 1.54) is 53.1 Å². The van der Waals surface area contributed by atoms with E-state index in [0.717, 1.165) is 17.8 Å². The van der Waals surface area contributed by atoms with E-state index in [2.05, 4.69) is 36.0 Å². The molecule has 1 heterocycles. The Balaban J connectivity index is 1.48. The molecule has 0 aliphatic heterocycles. The van der Waals surface area contributed by atoms with Gasteiger partial charge in [-0.05, 0) is 68.4 Å². The van der Waals surface area contributed by atoms with E-state index >= 15 is 0 Å². The minimum atomic E-state index is 0.544. The van der Waals surface area contributed by atoms with Crippen LogP contribution in [-0.2, 0) is 0 Å². The van der Waals surface area contributed by atoms with Crippen molar-refractivity contribution >= 4 is 33.3 Å². The number of hydrogen-bond donors (Lipinski definition) is 0. The molecule has 0 N–H and O–H groups in total. The van der Waals surface area contributed by atoms with Crippen LogP contribution in [0.25, 0.3) is 10.2 Å². The van der Waals surface area contributed by atoms with Crippen molar-refractivity contribution in [2.45, 2.75) is 47.6 Å². The monoisotopic (exact) mass is 301 g/mol. The minimum absolute atomic E-state index is 0.544. The fourth-order valence-electron chi connectivity index (χ4n) is 5.24. The Morgan fingerprint density at radius 1 is 1.00 bits per heavy atom. The van der Waals surface area contributed by atoms with Gasteiger partial charge in [-0.15, -0.1) is 11.3 Å². The maximum Gasteiger partial charge on any atom is 0.151 e. The average molecular weight is 301 g/mol. The van der Waals surface area contributed by atoms with E-state index in [-0.39, 0.29) is 0 Å². The quantitative estimate of drug-likeness (QED) is 0.741. The minimum Gasteiger partial charge on any atom is -0.230 e. The first kappa shape index (κ1) is 12.0. The number of fused-ring (bicyclic) bond motifs is 1. The van der Waals surface area contributed by atoms with Crippen LogP contribution in [0.2, 0.25) is 0 Å². The third kappa shape index (κ3) is 1.86. The first-order valence-electron chi connectivity index (χ1n) is 7.83. The largest absolute Gasteiger partial charge is 0.230 e. The Hall–Kier alpha value is -0.540. The molecular formula is C17H19NS2. The van der Waals surface area contributed by atoms with Crippen LogP contribution in [-0.4, -0.2) is 9.73 Å². The van der Waals surface area contributed by atoms with E-state index in [0.29, 0.717) is 4.75 Å². The number of aromatic nitrogens is 1. The van der Waals surface area contributed by atoms with Crippen molar-refractivity contribution in [1.29, 1.82) is 0 Å². The van der Waals surface area contributed by atoms with Crippen LogP contribution in [0.15, 0.2) is 28.6 Å². The summed E-state index contributed by atoms with van der Waals surface area (Å²) in [4.78, 5) is 4.87. The van der Waals surface area contributed by atoms with Gasteiger partial charge in [0, 0.05) is 4.75 Å². The molecule has 20 heavy (non-hydrogen) atoms. The highest BCUT2D eigenvalue weighted by molar-refractivity contribution is 8.02. The van der Waals surface area contributed by atoms with E-state index in [4.69, 9.17) is 4.98 Å². The van der Waals surface area contributed by atoms with Crippen molar-refractivity contribution in [3.05, 3.63) is 24.3 Å². The number of hydrogen-bond acceptors (Lipinski definition) is 3. The zero-order chi connectivity index (χ0) is 13.2. The summed E-state index contributed by atoms with van der Waals surface area (Å²) in [5, 5.41) is 0. The lowest BCUT2D eigenvalue weighted by molar-refractivity contribution is 0.0383. The average Bonchev–Trinajstić information content (AvgIpc) is 2.77. The number of para-hydroxylation sites is 1. The van der Waals surface area contributed by atoms with Crippen LogP contribution < -0.4 is 0 Å². The van der Waals surface area contributed by atoms with Gasteiger partial charge in [-0.25, -0.2) is 4.98 Å². The Bertz CT molecular complexity index is 592. The topological polar surface area (TPSA) is 12.9 Å². The Labute approximate surface area is 128 Å². The summed E-state index contributed by atoms with van der Waals surface area (Å²) in [5.74, 6) is 3.09. The number of thiazole rings is 1. The van der Waals surface area contributed by atoms with Crippen LogP contribution in [0.5, 0.6) is 0 Å². The van der Waals surface area contributed by atoms with Gasteiger partial charge in [0.05, 0.1) is 10.2 Å². The molecule has 0 saturated heterocycles. The second kappa shape index (κ2) is 4.23. The van der Waals surface area contributed by atoms with Crippen LogP contribution in [0, 0.1) is 17.8 Å². The maximum absolute atomic E-state index is 4.87. The molecule has 1 aromatic carbocycles. The third-order valence-corrected chi connectivity index (χ3v) is 8.09. The van der Waals surface area contributed by atoms with Crippen LogP contribution in [0.4, 0.5) is 0 Å². The Morgan fingerprint density at radius 3 is 2.30 bits per heavy atom. The van der Waals surface area contributed by atoms with Crippen molar-refractivity contribution in [2.24, 2.45) is 17.8 Å². The zero-order valence-corrected chi connectivity index (χ0v) is 13.2. The van der Waals surface area contributed by atoms with Crippen LogP contribution in [0.3, 0.4) is 0 Å². The van der Waals surface area contributed by atoms with Gasteiger partial charge in [-0.1, -0.05) is 23.9 Å².